The maximum atomic E-state index is 13.0. The fourth-order valence-corrected chi connectivity index (χ4v) is 3.46. The quantitative estimate of drug-likeness (QED) is 0.334. The van der Waals surface area contributed by atoms with Crippen molar-refractivity contribution in [1.29, 1.82) is 0 Å². The second-order valence-corrected chi connectivity index (χ2v) is 7.96. The molecule has 8 nitrogen and oxygen atoms in total. The van der Waals surface area contributed by atoms with E-state index >= 15 is 0 Å². The standard InChI is InChI=1S/C20H21O8P.Na/c1-24-16-9-13(10-17(25-2)20(16)26-3)18(21)14-8-12-6-5-7-15(19(12)27-11-14)28-29(4,22)23;/h5-10H,11H2,1-4H3,(H,22,23);/q;+1/p-1. The number of fused-ring (bicyclic) bond motifs is 1. The molecule has 1 heterocycles. The molecule has 154 valence electrons. The second kappa shape index (κ2) is 9.90. The van der Waals surface area contributed by atoms with E-state index in [-0.39, 0.29) is 53.4 Å². The zero-order valence-electron chi connectivity index (χ0n) is 17.4. The fraction of sp³-hybridized carbons (Fsp3) is 0.250. The molecule has 0 bridgehead atoms. The van der Waals surface area contributed by atoms with Crippen molar-refractivity contribution in [2.24, 2.45) is 0 Å². The van der Waals surface area contributed by atoms with Gasteiger partial charge in [-0.15, -0.1) is 0 Å². The molecule has 30 heavy (non-hydrogen) atoms. The van der Waals surface area contributed by atoms with Crippen molar-refractivity contribution in [3.63, 3.8) is 0 Å². The monoisotopic (exact) mass is 442 g/mol. The first-order valence-electron chi connectivity index (χ1n) is 8.56. The predicted molar refractivity (Wildman–Crippen MR) is 105 cm³/mol. The van der Waals surface area contributed by atoms with Crippen LogP contribution in [0.2, 0.25) is 0 Å². The first kappa shape index (κ1) is 24.3. The van der Waals surface area contributed by atoms with Crippen LogP contribution >= 0.6 is 7.60 Å². The van der Waals surface area contributed by atoms with Crippen LogP contribution < -0.4 is 57.9 Å². The molecule has 2 aromatic rings. The summed E-state index contributed by atoms with van der Waals surface area (Å²) in [4.78, 5) is 24.5. The van der Waals surface area contributed by atoms with Crippen molar-refractivity contribution >= 4 is 19.5 Å². The van der Waals surface area contributed by atoms with Gasteiger partial charge in [0.15, 0.2) is 36.4 Å². The third kappa shape index (κ3) is 5.20. The summed E-state index contributed by atoms with van der Waals surface area (Å²) >= 11 is 0. The number of hydrogen-bond acceptors (Lipinski definition) is 8. The van der Waals surface area contributed by atoms with Crippen LogP contribution in [0.25, 0.3) is 6.08 Å². The fourth-order valence-electron chi connectivity index (χ4n) is 2.96. The van der Waals surface area contributed by atoms with Gasteiger partial charge in [0.2, 0.25) is 5.75 Å². The van der Waals surface area contributed by atoms with Crippen LogP contribution in [0.15, 0.2) is 35.9 Å². The van der Waals surface area contributed by atoms with Gasteiger partial charge in [-0.05, 0) is 24.3 Å². The number of carbonyl (C=O) groups excluding carboxylic acids is 1. The van der Waals surface area contributed by atoms with Crippen LogP contribution in [0.5, 0.6) is 28.7 Å². The minimum atomic E-state index is -4.00. The Balaban J connectivity index is 0.00000320. The number of carbonyl (C=O) groups is 1. The number of hydrogen-bond donors (Lipinski definition) is 0. The van der Waals surface area contributed by atoms with Crippen LogP contribution in [0.3, 0.4) is 0 Å². The third-order valence-electron chi connectivity index (χ3n) is 4.19. The Hall–Kier alpha value is -1.96. The molecule has 2 aromatic carbocycles. The SMILES string of the molecule is COc1cc(C(=O)C2=Cc3cccc(OP(C)(=O)[O-])c3OC2)cc(OC)c1OC.[Na+]. The topological polar surface area (TPSA) is 103 Å². The number of ketones is 1. The number of rotatable bonds is 7. The molecule has 0 amide bonds. The van der Waals surface area contributed by atoms with Crippen LogP contribution in [0.4, 0.5) is 0 Å². The molecule has 0 aliphatic carbocycles. The van der Waals surface area contributed by atoms with Gasteiger partial charge in [0.25, 0.3) is 0 Å². The minimum absolute atomic E-state index is 0. The molecule has 0 saturated heterocycles. The Morgan fingerprint density at radius 2 is 1.70 bits per heavy atom. The molecule has 1 unspecified atom stereocenters. The summed E-state index contributed by atoms with van der Waals surface area (Å²) in [6.07, 6.45) is 1.64. The molecular weight excluding hydrogens is 422 g/mol. The van der Waals surface area contributed by atoms with Gasteiger partial charge < -0.3 is 28.4 Å². The number of methoxy groups -OCH3 is 3. The van der Waals surface area contributed by atoms with Gasteiger partial charge in [-0.3, -0.25) is 9.36 Å². The smallest absolute Gasteiger partial charge is 0.769 e. The third-order valence-corrected chi connectivity index (χ3v) is 4.72. The van der Waals surface area contributed by atoms with Crippen molar-refractivity contribution in [2.75, 3.05) is 34.6 Å². The number of Topliss-reactive ketones (excluding diaryl/α,β-unsaturated/α-hetero) is 1. The van der Waals surface area contributed by atoms with Crippen LogP contribution in [-0.2, 0) is 4.57 Å². The Morgan fingerprint density at radius 1 is 1.07 bits per heavy atom. The van der Waals surface area contributed by atoms with Gasteiger partial charge in [-0.2, -0.15) is 0 Å². The van der Waals surface area contributed by atoms with Gasteiger partial charge in [0.1, 0.15) is 6.61 Å². The average molecular weight is 442 g/mol. The summed E-state index contributed by atoms with van der Waals surface area (Å²) in [7, 11) is 0.414. The molecule has 3 rings (SSSR count). The normalized spacial score (nSPS) is 14.1. The Morgan fingerprint density at radius 3 is 2.23 bits per heavy atom. The number of para-hydroxylation sites is 1. The number of benzene rings is 2. The molecule has 0 radical (unpaired) electrons. The van der Waals surface area contributed by atoms with Gasteiger partial charge in [-0.1, -0.05) is 12.1 Å². The summed E-state index contributed by atoms with van der Waals surface area (Å²) in [6, 6.07) is 7.94. The van der Waals surface area contributed by atoms with E-state index in [1.54, 1.807) is 30.3 Å². The van der Waals surface area contributed by atoms with Crippen molar-refractivity contribution in [3.05, 3.63) is 47.0 Å². The van der Waals surface area contributed by atoms with E-state index in [4.69, 9.17) is 23.5 Å². The minimum Gasteiger partial charge on any atom is -0.769 e. The summed E-state index contributed by atoms with van der Waals surface area (Å²) in [5.41, 5.74) is 1.26. The maximum Gasteiger partial charge on any atom is 1.00 e. The Kier molecular flexibility index (Phi) is 8.02. The van der Waals surface area contributed by atoms with E-state index in [1.165, 1.54) is 27.4 Å². The molecule has 0 aromatic heterocycles. The number of ether oxygens (including phenoxy) is 4. The van der Waals surface area contributed by atoms with E-state index in [2.05, 4.69) is 0 Å². The van der Waals surface area contributed by atoms with E-state index < -0.39 is 7.60 Å². The summed E-state index contributed by atoms with van der Waals surface area (Å²) in [5.74, 6) is 1.17. The second-order valence-electron chi connectivity index (χ2n) is 6.24. The predicted octanol–water partition coefficient (Wildman–Crippen LogP) is -0.0629. The summed E-state index contributed by atoms with van der Waals surface area (Å²) in [6.45, 7) is 0.931. The van der Waals surface area contributed by atoms with Gasteiger partial charge in [0.05, 0.1) is 21.3 Å². The molecular formula is C20H20NaO8P. The zero-order valence-corrected chi connectivity index (χ0v) is 20.3. The van der Waals surface area contributed by atoms with E-state index in [0.717, 1.165) is 6.66 Å². The first-order valence-corrected chi connectivity index (χ1v) is 10.6. The molecule has 10 heteroatoms. The van der Waals surface area contributed by atoms with Gasteiger partial charge >= 0.3 is 29.6 Å². The van der Waals surface area contributed by atoms with Gasteiger partial charge in [-0.25, -0.2) is 0 Å². The molecule has 0 N–H and O–H groups in total. The molecule has 1 aliphatic rings. The van der Waals surface area contributed by atoms with E-state index in [0.29, 0.717) is 33.9 Å². The molecule has 1 aliphatic heterocycles. The first-order chi connectivity index (χ1) is 13.8. The molecule has 1 atom stereocenters. The molecule has 0 fully saturated rings. The zero-order chi connectivity index (χ0) is 21.2. The van der Waals surface area contributed by atoms with Crippen LogP contribution in [0, 0.1) is 0 Å². The van der Waals surface area contributed by atoms with E-state index in [9.17, 15) is 14.3 Å². The van der Waals surface area contributed by atoms with Crippen molar-refractivity contribution in [3.8, 4) is 28.7 Å². The van der Waals surface area contributed by atoms with Crippen molar-refractivity contribution in [2.45, 2.75) is 0 Å². The van der Waals surface area contributed by atoms with Crippen LogP contribution in [0.1, 0.15) is 15.9 Å². The van der Waals surface area contributed by atoms with Crippen molar-refractivity contribution in [1.82, 2.24) is 0 Å². The Bertz CT molecular complexity index is 1000. The van der Waals surface area contributed by atoms with E-state index in [1.807, 2.05) is 0 Å². The molecule has 0 spiro atoms. The largest absolute Gasteiger partial charge is 1.00 e. The average Bonchev–Trinajstić information content (AvgIpc) is 2.70. The van der Waals surface area contributed by atoms with Crippen LogP contribution in [-0.4, -0.2) is 40.4 Å². The summed E-state index contributed by atoms with van der Waals surface area (Å²) in [5, 5.41) is 0. The van der Waals surface area contributed by atoms with Crippen molar-refractivity contribution < 1.29 is 67.3 Å². The Labute approximate surface area is 196 Å². The maximum absolute atomic E-state index is 13.0. The summed E-state index contributed by atoms with van der Waals surface area (Å²) < 4.78 is 38.0. The molecule has 0 saturated carbocycles. The van der Waals surface area contributed by atoms with Gasteiger partial charge in [0, 0.05) is 23.4 Å².